The van der Waals surface area contributed by atoms with Crippen LogP contribution in [0.1, 0.15) is 37.0 Å². The Morgan fingerprint density at radius 2 is 2.05 bits per heavy atom. The average Bonchev–Trinajstić information content (AvgIpc) is 2.46. The first-order valence-electron chi connectivity index (χ1n) is 7.14. The highest BCUT2D eigenvalue weighted by molar-refractivity contribution is 5.94. The molecule has 1 aliphatic heterocycles. The minimum Gasteiger partial charge on any atom is -0.508 e. The average molecular weight is 291 g/mol. The van der Waals surface area contributed by atoms with Crippen molar-refractivity contribution >= 4 is 11.9 Å². The molecule has 1 amide bonds. The van der Waals surface area contributed by atoms with Gasteiger partial charge in [0.25, 0.3) is 5.91 Å². The lowest BCUT2D eigenvalue weighted by molar-refractivity contribution is -0.151. The molecule has 1 aromatic rings. The second kappa shape index (κ2) is 5.76. The van der Waals surface area contributed by atoms with Crippen molar-refractivity contribution < 1.29 is 19.8 Å². The molecule has 0 aliphatic carbocycles. The summed E-state index contributed by atoms with van der Waals surface area (Å²) in [4.78, 5) is 25.5. The highest BCUT2D eigenvalue weighted by Crippen LogP contribution is 2.34. The summed E-state index contributed by atoms with van der Waals surface area (Å²) in [5.41, 5.74) is -0.415. The minimum absolute atomic E-state index is 0.0558. The van der Waals surface area contributed by atoms with Crippen molar-refractivity contribution in [2.45, 2.75) is 26.7 Å². The van der Waals surface area contributed by atoms with Crippen LogP contribution in [0.5, 0.6) is 5.75 Å². The number of hydrogen-bond acceptors (Lipinski definition) is 3. The second-order valence-electron chi connectivity index (χ2n) is 6.17. The van der Waals surface area contributed by atoms with Crippen molar-refractivity contribution in [2.24, 2.45) is 11.3 Å². The summed E-state index contributed by atoms with van der Waals surface area (Å²) < 4.78 is 0. The fourth-order valence-electron chi connectivity index (χ4n) is 2.75. The van der Waals surface area contributed by atoms with Crippen LogP contribution in [0, 0.1) is 11.3 Å². The second-order valence-corrected chi connectivity index (χ2v) is 6.17. The number of carboxylic acid groups (broad SMARTS) is 1. The number of nitrogens with zero attached hydrogens (tertiary/aromatic N) is 1. The Morgan fingerprint density at radius 1 is 1.33 bits per heavy atom. The molecule has 0 spiro atoms. The standard InChI is InChI=1S/C16H21NO4/c1-16(2,15(20)21)12-6-4-8-17(10-12)14(19)11-5-3-7-13(18)9-11/h3,5,7,9,12,18H,4,6,8,10H2,1-2H3,(H,20,21). The predicted molar refractivity (Wildman–Crippen MR) is 78.2 cm³/mol. The van der Waals surface area contributed by atoms with Gasteiger partial charge in [0, 0.05) is 18.7 Å². The first-order chi connectivity index (χ1) is 9.82. The van der Waals surface area contributed by atoms with Gasteiger partial charge in [-0.2, -0.15) is 0 Å². The Kier molecular flexibility index (Phi) is 4.21. The number of amides is 1. The van der Waals surface area contributed by atoms with E-state index in [9.17, 15) is 19.8 Å². The number of aromatic hydroxyl groups is 1. The molecule has 114 valence electrons. The highest BCUT2D eigenvalue weighted by atomic mass is 16.4. The minimum atomic E-state index is -0.849. The van der Waals surface area contributed by atoms with E-state index in [1.165, 1.54) is 12.1 Å². The smallest absolute Gasteiger partial charge is 0.309 e. The molecule has 5 nitrogen and oxygen atoms in total. The number of phenols is 1. The molecule has 1 heterocycles. The molecule has 2 rings (SSSR count). The Hall–Kier alpha value is -2.04. The fourth-order valence-corrected chi connectivity index (χ4v) is 2.75. The summed E-state index contributed by atoms with van der Waals surface area (Å²) in [5.74, 6) is -0.999. The Bertz CT molecular complexity index is 553. The van der Waals surface area contributed by atoms with Crippen molar-refractivity contribution in [1.82, 2.24) is 4.90 Å². The van der Waals surface area contributed by atoms with Gasteiger partial charge in [0.05, 0.1) is 5.41 Å². The Balaban J connectivity index is 2.14. The van der Waals surface area contributed by atoms with Crippen molar-refractivity contribution in [3.63, 3.8) is 0 Å². The summed E-state index contributed by atoms with van der Waals surface area (Å²) in [7, 11) is 0. The number of hydrogen-bond donors (Lipinski definition) is 2. The number of carboxylic acids is 1. The zero-order valence-corrected chi connectivity index (χ0v) is 12.4. The van der Waals surface area contributed by atoms with Gasteiger partial charge in [-0.1, -0.05) is 6.07 Å². The molecule has 0 saturated carbocycles. The third kappa shape index (κ3) is 3.17. The van der Waals surface area contributed by atoms with E-state index in [1.807, 2.05) is 0 Å². The third-order valence-corrected chi connectivity index (χ3v) is 4.37. The lowest BCUT2D eigenvalue weighted by Gasteiger charge is -2.39. The Labute approximate surface area is 124 Å². The van der Waals surface area contributed by atoms with Crippen LogP contribution in [0.3, 0.4) is 0 Å². The molecule has 1 aliphatic rings. The third-order valence-electron chi connectivity index (χ3n) is 4.37. The first kappa shape index (κ1) is 15.4. The number of aliphatic carboxylic acids is 1. The molecule has 2 N–H and O–H groups in total. The molecule has 1 fully saturated rings. The molecule has 1 atom stereocenters. The van der Waals surface area contributed by atoms with Crippen LogP contribution in [0.25, 0.3) is 0 Å². The number of likely N-dealkylation sites (tertiary alicyclic amines) is 1. The van der Waals surface area contributed by atoms with Gasteiger partial charge < -0.3 is 15.1 Å². The SMILES string of the molecule is CC(C)(C(=O)O)C1CCCN(C(=O)c2cccc(O)c2)C1. The van der Waals surface area contributed by atoms with Crippen LogP contribution in [-0.2, 0) is 4.79 Å². The molecule has 1 unspecified atom stereocenters. The predicted octanol–water partition coefficient (Wildman–Crippen LogP) is 2.36. The van der Waals surface area contributed by atoms with Gasteiger partial charge in [-0.25, -0.2) is 0 Å². The van der Waals surface area contributed by atoms with Crippen LogP contribution in [0.15, 0.2) is 24.3 Å². The van der Waals surface area contributed by atoms with Gasteiger partial charge in [-0.05, 0) is 50.8 Å². The molecule has 0 aromatic heterocycles. The van der Waals surface area contributed by atoms with Crippen LogP contribution < -0.4 is 0 Å². The van der Waals surface area contributed by atoms with E-state index in [1.54, 1.807) is 30.9 Å². The van der Waals surface area contributed by atoms with E-state index < -0.39 is 11.4 Å². The summed E-state index contributed by atoms with van der Waals surface area (Å²) in [6.07, 6.45) is 1.61. The van der Waals surface area contributed by atoms with Gasteiger partial charge >= 0.3 is 5.97 Å². The maximum atomic E-state index is 12.5. The van der Waals surface area contributed by atoms with Crippen LogP contribution in [0.2, 0.25) is 0 Å². The first-order valence-corrected chi connectivity index (χ1v) is 7.14. The van der Waals surface area contributed by atoms with Crippen LogP contribution in [-0.4, -0.2) is 40.1 Å². The lowest BCUT2D eigenvalue weighted by atomic mass is 9.74. The van der Waals surface area contributed by atoms with E-state index in [2.05, 4.69) is 0 Å². The summed E-state index contributed by atoms with van der Waals surface area (Å²) in [6.45, 7) is 4.49. The number of benzene rings is 1. The summed E-state index contributed by atoms with van der Waals surface area (Å²) in [5, 5.41) is 18.8. The van der Waals surface area contributed by atoms with E-state index in [0.29, 0.717) is 18.7 Å². The molecular weight excluding hydrogens is 270 g/mol. The quantitative estimate of drug-likeness (QED) is 0.896. The fraction of sp³-hybridized carbons (Fsp3) is 0.500. The van der Waals surface area contributed by atoms with Crippen molar-refractivity contribution in [3.8, 4) is 5.75 Å². The number of carbonyl (C=O) groups is 2. The van der Waals surface area contributed by atoms with Crippen molar-refractivity contribution in [1.29, 1.82) is 0 Å². The number of phenolic OH excluding ortho intramolecular Hbond substituents is 1. The van der Waals surface area contributed by atoms with Gasteiger partial charge in [-0.15, -0.1) is 0 Å². The van der Waals surface area contributed by atoms with Crippen LogP contribution >= 0.6 is 0 Å². The molecule has 1 saturated heterocycles. The van der Waals surface area contributed by atoms with Gasteiger partial charge in [-0.3, -0.25) is 9.59 Å². The monoisotopic (exact) mass is 291 g/mol. The molecule has 0 bridgehead atoms. The zero-order chi connectivity index (χ0) is 15.6. The number of carbonyl (C=O) groups excluding carboxylic acids is 1. The van der Waals surface area contributed by atoms with E-state index in [0.717, 1.165) is 12.8 Å². The van der Waals surface area contributed by atoms with Crippen molar-refractivity contribution in [2.75, 3.05) is 13.1 Å². The topological polar surface area (TPSA) is 77.8 Å². The number of piperidine rings is 1. The highest BCUT2D eigenvalue weighted by Gasteiger charge is 2.40. The molecule has 0 radical (unpaired) electrons. The Morgan fingerprint density at radius 3 is 2.67 bits per heavy atom. The largest absolute Gasteiger partial charge is 0.508 e. The van der Waals surface area contributed by atoms with E-state index in [-0.39, 0.29) is 17.6 Å². The van der Waals surface area contributed by atoms with E-state index >= 15 is 0 Å². The normalized spacial score (nSPS) is 19.3. The maximum absolute atomic E-state index is 12.5. The van der Waals surface area contributed by atoms with Gasteiger partial charge in [0.1, 0.15) is 5.75 Å². The maximum Gasteiger partial charge on any atom is 0.309 e. The summed E-state index contributed by atoms with van der Waals surface area (Å²) >= 11 is 0. The number of rotatable bonds is 3. The molecule has 1 aromatic carbocycles. The van der Waals surface area contributed by atoms with Gasteiger partial charge in [0.15, 0.2) is 0 Å². The van der Waals surface area contributed by atoms with Gasteiger partial charge in [0.2, 0.25) is 0 Å². The summed E-state index contributed by atoms with van der Waals surface area (Å²) in [6, 6.07) is 6.25. The molecule has 5 heteroatoms. The van der Waals surface area contributed by atoms with Crippen LogP contribution in [0.4, 0.5) is 0 Å². The van der Waals surface area contributed by atoms with Crippen molar-refractivity contribution in [3.05, 3.63) is 29.8 Å². The lowest BCUT2D eigenvalue weighted by Crippen LogP contribution is -2.46. The zero-order valence-electron chi connectivity index (χ0n) is 12.4. The molecule has 21 heavy (non-hydrogen) atoms. The molecular formula is C16H21NO4. The van der Waals surface area contributed by atoms with E-state index in [4.69, 9.17) is 0 Å².